The van der Waals surface area contributed by atoms with Crippen LogP contribution in [-0.4, -0.2) is 30.8 Å². The van der Waals surface area contributed by atoms with Gasteiger partial charge in [-0.3, -0.25) is 4.79 Å². The van der Waals surface area contributed by atoms with Crippen LogP contribution in [0, 0.1) is 6.92 Å². The molecule has 3 rings (SSSR count). The number of halogens is 6. The van der Waals surface area contributed by atoms with Crippen LogP contribution in [0.2, 0.25) is 0 Å². The first-order valence-corrected chi connectivity index (χ1v) is 7.62. The molecule has 6 nitrogen and oxygen atoms in total. The number of carbonyl (C=O) groups is 1. The van der Waals surface area contributed by atoms with Crippen molar-refractivity contribution in [3.05, 3.63) is 46.9 Å². The molecule has 148 valence electrons. The molecule has 0 saturated heterocycles. The molecule has 0 bridgehead atoms. The molecular formula is C16H11F6N5O. The van der Waals surface area contributed by atoms with Gasteiger partial charge in [0.15, 0.2) is 17.9 Å². The lowest BCUT2D eigenvalue weighted by Gasteiger charge is -2.13. The highest BCUT2D eigenvalue weighted by molar-refractivity contribution is 5.81. The lowest BCUT2D eigenvalue weighted by atomic mass is 10.0. The van der Waals surface area contributed by atoms with Gasteiger partial charge in [-0.1, -0.05) is 0 Å². The zero-order valence-corrected chi connectivity index (χ0v) is 14.3. The SMILES string of the molecule is Cc1nn(C)c(-n2cnc(-c3cc(C(F)(F)F)cc(C(F)(F)F)c3)n2)c1C=O. The van der Waals surface area contributed by atoms with Gasteiger partial charge in [-0.25, -0.2) is 14.3 Å². The Labute approximate surface area is 153 Å². The minimum Gasteiger partial charge on any atom is -0.298 e. The number of hydrogen-bond donors (Lipinski definition) is 0. The van der Waals surface area contributed by atoms with E-state index in [2.05, 4.69) is 15.2 Å². The van der Waals surface area contributed by atoms with Crippen LogP contribution in [0.3, 0.4) is 0 Å². The Morgan fingerprint density at radius 1 is 0.964 bits per heavy atom. The molecule has 12 heteroatoms. The molecule has 0 spiro atoms. The van der Waals surface area contributed by atoms with Crippen LogP contribution in [0.15, 0.2) is 24.5 Å². The molecule has 0 saturated carbocycles. The van der Waals surface area contributed by atoms with E-state index < -0.39 is 29.0 Å². The Kier molecular flexibility index (Phi) is 4.52. The maximum atomic E-state index is 13.0. The van der Waals surface area contributed by atoms with Crippen LogP contribution in [-0.2, 0) is 19.4 Å². The van der Waals surface area contributed by atoms with Gasteiger partial charge in [-0.05, 0) is 25.1 Å². The second-order valence-electron chi connectivity index (χ2n) is 5.87. The Morgan fingerprint density at radius 2 is 1.54 bits per heavy atom. The number of nitrogens with zero attached hydrogens (tertiary/aromatic N) is 5. The first kappa shape index (κ1) is 19.6. The molecule has 0 fully saturated rings. The fourth-order valence-corrected chi connectivity index (χ4v) is 2.65. The van der Waals surface area contributed by atoms with E-state index in [1.807, 2.05) is 0 Å². The molecule has 0 amide bonds. The predicted octanol–water partition coefficient (Wildman–Crippen LogP) is 3.83. The van der Waals surface area contributed by atoms with Crippen molar-refractivity contribution in [2.45, 2.75) is 19.3 Å². The molecule has 0 aliphatic carbocycles. The van der Waals surface area contributed by atoms with Crippen LogP contribution >= 0.6 is 0 Å². The Morgan fingerprint density at radius 3 is 2.04 bits per heavy atom. The van der Waals surface area contributed by atoms with Gasteiger partial charge in [0.1, 0.15) is 6.33 Å². The number of alkyl halides is 6. The average Bonchev–Trinajstić information content (AvgIpc) is 3.16. The molecule has 0 radical (unpaired) electrons. The lowest BCUT2D eigenvalue weighted by Crippen LogP contribution is -2.11. The maximum Gasteiger partial charge on any atom is 0.416 e. The van der Waals surface area contributed by atoms with Crippen molar-refractivity contribution < 1.29 is 31.1 Å². The maximum absolute atomic E-state index is 13.0. The number of aromatic nitrogens is 5. The fraction of sp³-hybridized carbons (Fsp3) is 0.250. The van der Waals surface area contributed by atoms with Gasteiger partial charge < -0.3 is 0 Å². The summed E-state index contributed by atoms with van der Waals surface area (Å²) >= 11 is 0. The monoisotopic (exact) mass is 403 g/mol. The third-order valence-electron chi connectivity index (χ3n) is 3.91. The van der Waals surface area contributed by atoms with Crippen molar-refractivity contribution >= 4 is 6.29 Å². The lowest BCUT2D eigenvalue weighted by molar-refractivity contribution is -0.143. The number of rotatable bonds is 3. The van der Waals surface area contributed by atoms with Crippen LogP contribution in [0.5, 0.6) is 0 Å². The summed E-state index contributed by atoms with van der Waals surface area (Å²) in [4.78, 5) is 15.1. The minimum absolute atomic E-state index is 0.0233. The molecule has 0 N–H and O–H groups in total. The summed E-state index contributed by atoms with van der Waals surface area (Å²) in [6, 6.07) is 1.09. The van der Waals surface area contributed by atoms with Crippen molar-refractivity contribution in [2.75, 3.05) is 0 Å². The van der Waals surface area contributed by atoms with E-state index in [-0.39, 0.29) is 23.3 Å². The summed E-state index contributed by atoms with van der Waals surface area (Å²) in [5.74, 6) is -0.193. The third kappa shape index (κ3) is 3.49. The third-order valence-corrected chi connectivity index (χ3v) is 3.91. The van der Waals surface area contributed by atoms with Crippen molar-refractivity contribution in [2.24, 2.45) is 7.05 Å². The van der Waals surface area contributed by atoms with Crippen LogP contribution in [0.4, 0.5) is 26.3 Å². The Hall–Kier alpha value is -3.18. The highest BCUT2D eigenvalue weighted by Crippen LogP contribution is 2.38. The van der Waals surface area contributed by atoms with E-state index in [9.17, 15) is 31.1 Å². The van der Waals surface area contributed by atoms with Gasteiger partial charge in [0.2, 0.25) is 0 Å². The molecule has 28 heavy (non-hydrogen) atoms. The fourth-order valence-electron chi connectivity index (χ4n) is 2.65. The molecule has 2 aromatic heterocycles. The number of aryl methyl sites for hydroxylation is 2. The van der Waals surface area contributed by atoms with E-state index >= 15 is 0 Å². The first-order valence-electron chi connectivity index (χ1n) is 7.62. The molecule has 0 aliphatic heterocycles. The number of aldehydes is 1. The number of hydrogen-bond acceptors (Lipinski definition) is 4. The van der Waals surface area contributed by atoms with Crippen LogP contribution in [0.1, 0.15) is 27.2 Å². The summed E-state index contributed by atoms with van der Waals surface area (Å²) < 4.78 is 80.4. The summed E-state index contributed by atoms with van der Waals surface area (Å²) in [6.45, 7) is 1.56. The van der Waals surface area contributed by atoms with Gasteiger partial charge in [-0.15, -0.1) is 5.10 Å². The van der Waals surface area contributed by atoms with E-state index in [1.54, 1.807) is 6.92 Å². The molecule has 0 unspecified atom stereocenters. The van der Waals surface area contributed by atoms with Gasteiger partial charge >= 0.3 is 12.4 Å². The zero-order valence-electron chi connectivity index (χ0n) is 14.3. The Balaban J connectivity index is 2.15. The molecule has 2 heterocycles. The van der Waals surface area contributed by atoms with Crippen molar-refractivity contribution in [3.8, 4) is 17.2 Å². The second kappa shape index (κ2) is 6.46. The Bertz CT molecular complexity index is 1010. The summed E-state index contributed by atoms with van der Waals surface area (Å²) in [5, 5.41) is 7.96. The standard InChI is InChI=1S/C16H11F6N5O/c1-8-12(6-28)14(26(2)24-8)27-7-23-13(25-27)9-3-10(15(17,18)19)5-11(4-9)16(20,21)22/h3-7H,1-2H3. The number of benzene rings is 1. The largest absolute Gasteiger partial charge is 0.416 e. The topological polar surface area (TPSA) is 65.6 Å². The quantitative estimate of drug-likeness (QED) is 0.493. The zero-order chi connectivity index (χ0) is 20.9. The molecule has 3 aromatic rings. The van der Waals surface area contributed by atoms with Crippen molar-refractivity contribution in [3.63, 3.8) is 0 Å². The van der Waals surface area contributed by atoms with Gasteiger partial charge in [0, 0.05) is 12.6 Å². The van der Waals surface area contributed by atoms with E-state index in [0.717, 1.165) is 11.0 Å². The molecule has 0 aliphatic rings. The molecule has 1 aromatic carbocycles. The van der Waals surface area contributed by atoms with Gasteiger partial charge in [-0.2, -0.15) is 31.4 Å². The molecule has 0 atom stereocenters. The van der Waals surface area contributed by atoms with Gasteiger partial charge in [0.25, 0.3) is 0 Å². The van der Waals surface area contributed by atoms with E-state index in [4.69, 9.17) is 0 Å². The first-order chi connectivity index (χ1) is 12.9. The van der Waals surface area contributed by atoms with E-state index in [0.29, 0.717) is 24.1 Å². The highest BCUT2D eigenvalue weighted by atomic mass is 19.4. The summed E-state index contributed by atoms with van der Waals surface area (Å²) in [5.41, 5.74) is -2.87. The van der Waals surface area contributed by atoms with E-state index in [1.165, 1.54) is 11.7 Å². The highest BCUT2D eigenvalue weighted by Gasteiger charge is 2.37. The smallest absolute Gasteiger partial charge is 0.298 e. The minimum atomic E-state index is -4.98. The van der Waals surface area contributed by atoms with Crippen molar-refractivity contribution in [1.82, 2.24) is 24.5 Å². The van der Waals surface area contributed by atoms with Crippen molar-refractivity contribution in [1.29, 1.82) is 0 Å². The summed E-state index contributed by atoms with van der Waals surface area (Å²) in [6.07, 6.45) is -8.37. The van der Waals surface area contributed by atoms with Crippen LogP contribution in [0.25, 0.3) is 17.2 Å². The molecular weight excluding hydrogens is 392 g/mol. The summed E-state index contributed by atoms with van der Waals surface area (Å²) in [7, 11) is 1.50. The normalized spacial score (nSPS) is 12.4. The number of carbonyl (C=O) groups excluding carboxylic acids is 1. The second-order valence-corrected chi connectivity index (χ2v) is 5.87. The average molecular weight is 403 g/mol. The van der Waals surface area contributed by atoms with Gasteiger partial charge in [0.05, 0.1) is 22.4 Å². The predicted molar refractivity (Wildman–Crippen MR) is 83.7 cm³/mol. The van der Waals surface area contributed by atoms with Crippen LogP contribution < -0.4 is 0 Å².